The van der Waals surface area contributed by atoms with E-state index in [0.717, 1.165) is 0 Å². The van der Waals surface area contributed by atoms with Gasteiger partial charge in [-0.15, -0.1) is 0 Å². The molecule has 0 aliphatic rings. The van der Waals surface area contributed by atoms with Gasteiger partial charge in [0, 0.05) is 15.7 Å². The molecule has 0 saturated carbocycles. The van der Waals surface area contributed by atoms with Crippen LogP contribution < -0.4 is 5.32 Å². The Hall–Kier alpha value is -1.46. The first kappa shape index (κ1) is 13.0. The number of rotatable bonds is 2. The number of amides is 1. The predicted octanol–water partition coefficient (Wildman–Crippen LogP) is 3.89. The second kappa shape index (κ2) is 5.46. The first-order chi connectivity index (χ1) is 8.56. The second-order valence-corrected chi connectivity index (χ2v) is 4.73. The van der Waals surface area contributed by atoms with Crippen molar-refractivity contribution >= 4 is 39.1 Å². The Morgan fingerprint density at radius 3 is 2.78 bits per heavy atom. The average molecular weight is 330 g/mol. The van der Waals surface area contributed by atoms with Crippen LogP contribution in [-0.2, 0) is 0 Å². The highest BCUT2D eigenvalue weighted by Crippen LogP contribution is 2.23. The van der Waals surface area contributed by atoms with E-state index in [9.17, 15) is 9.18 Å². The van der Waals surface area contributed by atoms with Crippen molar-refractivity contribution in [1.29, 1.82) is 0 Å². The Bertz CT molecular complexity index is 606. The highest BCUT2D eigenvalue weighted by atomic mass is 79.9. The number of nitrogens with zero attached hydrogens (tertiary/aromatic N) is 1. The zero-order chi connectivity index (χ0) is 13.1. The number of aromatic nitrogens is 1. The van der Waals surface area contributed by atoms with Crippen LogP contribution in [0, 0.1) is 5.82 Å². The Morgan fingerprint density at radius 1 is 1.33 bits per heavy atom. The molecule has 1 heterocycles. The SMILES string of the molecule is O=C(Nc1ccc(F)cc1Br)c1cc(Cl)ccn1. The maximum Gasteiger partial charge on any atom is 0.274 e. The molecule has 1 amide bonds. The minimum Gasteiger partial charge on any atom is -0.320 e. The first-order valence-corrected chi connectivity index (χ1v) is 6.11. The van der Waals surface area contributed by atoms with Crippen molar-refractivity contribution in [2.45, 2.75) is 0 Å². The van der Waals surface area contributed by atoms with Gasteiger partial charge in [-0.2, -0.15) is 0 Å². The van der Waals surface area contributed by atoms with Gasteiger partial charge in [0.25, 0.3) is 5.91 Å². The third kappa shape index (κ3) is 3.05. The molecule has 2 rings (SSSR count). The lowest BCUT2D eigenvalue weighted by atomic mass is 10.3. The molecule has 6 heteroatoms. The molecule has 0 bridgehead atoms. The number of hydrogen-bond donors (Lipinski definition) is 1. The zero-order valence-electron chi connectivity index (χ0n) is 8.95. The van der Waals surface area contributed by atoms with E-state index in [1.165, 1.54) is 30.5 Å². The fourth-order valence-electron chi connectivity index (χ4n) is 1.31. The Morgan fingerprint density at radius 2 is 2.11 bits per heavy atom. The van der Waals surface area contributed by atoms with Crippen LogP contribution in [0.25, 0.3) is 0 Å². The van der Waals surface area contributed by atoms with Crippen LogP contribution in [0.2, 0.25) is 5.02 Å². The van der Waals surface area contributed by atoms with Gasteiger partial charge in [-0.25, -0.2) is 4.39 Å². The number of benzene rings is 1. The number of pyridine rings is 1. The van der Waals surface area contributed by atoms with Crippen molar-refractivity contribution in [3.05, 3.63) is 57.5 Å². The van der Waals surface area contributed by atoms with Gasteiger partial charge >= 0.3 is 0 Å². The molecular formula is C12H7BrClFN2O. The Labute approximate surface area is 116 Å². The molecule has 1 N–H and O–H groups in total. The lowest BCUT2D eigenvalue weighted by molar-refractivity contribution is 0.102. The Balaban J connectivity index is 2.21. The summed E-state index contributed by atoms with van der Waals surface area (Å²) in [5, 5.41) is 3.03. The van der Waals surface area contributed by atoms with Gasteiger partial charge in [0.1, 0.15) is 11.5 Å². The van der Waals surface area contributed by atoms with E-state index in [4.69, 9.17) is 11.6 Å². The molecule has 18 heavy (non-hydrogen) atoms. The van der Waals surface area contributed by atoms with Gasteiger partial charge in [-0.05, 0) is 46.3 Å². The number of hydrogen-bond acceptors (Lipinski definition) is 2. The predicted molar refractivity (Wildman–Crippen MR) is 71.3 cm³/mol. The molecule has 0 saturated heterocycles. The summed E-state index contributed by atoms with van der Waals surface area (Å²) < 4.78 is 13.3. The third-order valence-corrected chi connectivity index (χ3v) is 3.03. The van der Waals surface area contributed by atoms with Gasteiger partial charge in [-0.1, -0.05) is 11.6 Å². The van der Waals surface area contributed by atoms with Crippen LogP contribution >= 0.6 is 27.5 Å². The van der Waals surface area contributed by atoms with Crippen LogP contribution in [0.3, 0.4) is 0 Å². The van der Waals surface area contributed by atoms with Crippen LogP contribution in [0.5, 0.6) is 0 Å². The van der Waals surface area contributed by atoms with Crippen molar-refractivity contribution in [3.63, 3.8) is 0 Å². The summed E-state index contributed by atoms with van der Waals surface area (Å²) in [5.74, 6) is -0.800. The number of nitrogens with one attached hydrogen (secondary N) is 1. The fraction of sp³-hybridized carbons (Fsp3) is 0. The lowest BCUT2D eigenvalue weighted by Gasteiger charge is -2.07. The van der Waals surface area contributed by atoms with Gasteiger partial charge in [0.15, 0.2) is 0 Å². The largest absolute Gasteiger partial charge is 0.320 e. The van der Waals surface area contributed by atoms with Crippen LogP contribution in [-0.4, -0.2) is 10.9 Å². The fourth-order valence-corrected chi connectivity index (χ4v) is 1.92. The van der Waals surface area contributed by atoms with Gasteiger partial charge in [0.2, 0.25) is 0 Å². The molecule has 3 nitrogen and oxygen atoms in total. The second-order valence-electron chi connectivity index (χ2n) is 3.44. The third-order valence-electron chi connectivity index (χ3n) is 2.13. The minimum absolute atomic E-state index is 0.193. The molecule has 0 radical (unpaired) electrons. The maximum atomic E-state index is 12.9. The number of halogens is 3. The molecule has 0 fully saturated rings. The van der Waals surface area contributed by atoms with Crippen molar-refractivity contribution in [1.82, 2.24) is 4.98 Å². The summed E-state index contributed by atoms with van der Waals surface area (Å²) in [6.07, 6.45) is 1.44. The standard InChI is InChI=1S/C12H7BrClFN2O/c13-9-6-8(15)1-2-10(9)17-12(18)11-5-7(14)3-4-16-11/h1-6H,(H,17,18). The number of anilines is 1. The summed E-state index contributed by atoms with van der Waals surface area (Å²) in [5.41, 5.74) is 0.655. The van der Waals surface area contributed by atoms with Crippen LogP contribution in [0.1, 0.15) is 10.5 Å². The molecule has 0 aliphatic carbocycles. The Kier molecular flexibility index (Phi) is 3.93. The highest BCUT2D eigenvalue weighted by molar-refractivity contribution is 9.10. The van der Waals surface area contributed by atoms with Gasteiger partial charge in [0.05, 0.1) is 5.69 Å². The van der Waals surface area contributed by atoms with E-state index >= 15 is 0 Å². The molecule has 1 aromatic carbocycles. The highest BCUT2D eigenvalue weighted by Gasteiger charge is 2.10. The van der Waals surface area contributed by atoms with E-state index in [-0.39, 0.29) is 11.5 Å². The molecule has 92 valence electrons. The van der Waals surface area contributed by atoms with E-state index in [1.807, 2.05) is 0 Å². The first-order valence-electron chi connectivity index (χ1n) is 4.94. The van der Waals surface area contributed by atoms with E-state index in [2.05, 4.69) is 26.2 Å². The average Bonchev–Trinajstić information content (AvgIpc) is 2.32. The zero-order valence-corrected chi connectivity index (χ0v) is 11.3. The van der Waals surface area contributed by atoms with Crippen molar-refractivity contribution < 1.29 is 9.18 Å². The summed E-state index contributed by atoms with van der Waals surface area (Å²) >= 11 is 8.93. The number of carbonyl (C=O) groups excluding carboxylic acids is 1. The normalized spacial score (nSPS) is 10.2. The maximum absolute atomic E-state index is 12.9. The molecule has 0 aliphatic heterocycles. The number of carbonyl (C=O) groups is 1. The summed E-state index contributed by atoms with van der Waals surface area (Å²) in [6.45, 7) is 0. The summed E-state index contributed by atoms with van der Waals surface area (Å²) in [6, 6.07) is 7.01. The van der Waals surface area contributed by atoms with Crippen LogP contribution in [0.4, 0.5) is 10.1 Å². The van der Waals surface area contributed by atoms with E-state index in [0.29, 0.717) is 15.2 Å². The lowest BCUT2D eigenvalue weighted by Crippen LogP contribution is -2.13. The quantitative estimate of drug-likeness (QED) is 0.908. The smallest absolute Gasteiger partial charge is 0.274 e. The molecule has 2 aromatic rings. The van der Waals surface area contributed by atoms with E-state index < -0.39 is 5.91 Å². The monoisotopic (exact) mass is 328 g/mol. The topological polar surface area (TPSA) is 42.0 Å². The van der Waals surface area contributed by atoms with Gasteiger partial charge in [-0.3, -0.25) is 9.78 Å². The van der Waals surface area contributed by atoms with Gasteiger partial charge < -0.3 is 5.32 Å². The summed E-state index contributed by atoms with van der Waals surface area (Å²) in [4.78, 5) is 15.8. The van der Waals surface area contributed by atoms with E-state index in [1.54, 1.807) is 6.07 Å². The minimum atomic E-state index is -0.412. The molecule has 0 spiro atoms. The van der Waals surface area contributed by atoms with Crippen LogP contribution in [0.15, 0.2) is 41.0 Å². The van der Waals surface area contributed by atoms with Crippen molar-refractivity contribution in [2.24, 2.45) is 0 Å². The van der Waals surface area contributed by atoms with Crippen molar-refractivity contribution in [3.8, 4) is 0 Å². The molecular weight excluding hydrogens is 323 g/mol. The molecule has 1 aromatic heterocycles. The molecule has 0 atom stereocenters. The van der Waals surface area contributed by atoms with Crippen molar-refractivity contribution in [2.75, 3.05) is 5.32 Å². The molecule has 0 unspecified atom stereocenters. The summed E-state index contributed by atoms with van der Waals surface area (Å²) in [7, 11) is 0.